The smallest absolute Gasteiger partial charge is 0.172 e. The molecule has 1 atom stereocenters. The van der Waals surface area contributed by atoms with Crippen molar-refractivity contribution in [1.29, 1.82) is 0 Å². The van der Waals surface area contributed by atoms with Crippen molar-refractivity contribution in [3.05, 3.63) is 72.1 Å². The van der Waals surface area contributed by atoms with E-state index in [2.05, 4.69) is 52.5 Å². The Labute approximate surface area is 204 Å². The number of hydrogen-bond donors (Lipinski definition) is 0. The van der Waals surface area contributed by atoms with Crippen LogP contribution in [0, 0.1) is 0 Å². The molecule has 35 heavy (non-hydrogen) atoms. The fraction of sp³-hybridized carbons (Fsp3) is 0.310. The predicted octanol–water partition coefficient (Wildman–Crippen LogP) is 4.40. The SMILES string of the molecule is CN(C)C[C@@H]1CCn2cc(c3ccccc32)C2=C(C(=O)CC2=O)c2cn(c3ccccc23)CCO1. The molecule has 3 heterocycles. The van der Waals surface area contributed by atoms with Crippen LogP contribution in [-0.4, -0.2) is 59.0 Å². The van der Waals surface area contributed by atoms with Gasteiger partial charge in [0.25, 0.3) is 0 Å². The molecule has 6 nitrogen and oxygen atoms in total. The Morgan fingerprint density at radius 2 is 1.37 bits per heavy atom. The topological polar surface area (TPSA) is 56.5 Å². The molecule has 0 fully saturated rings. The second kappa shape index (κ2) is 8.63. The van der Waals surface area contributed by atoms with E-state index in [-0.39, 0.29) is 24.1 Å². The summed E-state index contributed by atoms with van der Waals surface area (Å²) >= 11 is 0. The molecule has 4 bridgehead atoms. The predicted molar refractivity (Wildman–Crippen MR) is 138 cm³/mol. The number of hydrogen-bond acceptors (Lipinski definition) is 4. The summed E-state index contributed by atoms with van der Waals surface area (Å²) < 4.78 is 10.8. The first-order chi connectivity index (χ1) is 17.0. The quantitative estimate of drug-likeness (QED) is 0.410. The van der Waals surface area contributed by atoms with Crippen LogP contribution in [0.4, 0.5) is 0 Å². The van der Waals surface area contributed by atoms with E-state index in [4.69, 9.17) is 4.74 Å². The number of aryl methyl sites for hydroxylation is 1. The lowest BCUT2D eigenvalue weighted by Crippen LogP contribution is -2.30. The van der Waals surface area contributed by atoms with Crippen LogP contribution in [0.1, 0.15) is 24.0 Å². The van der Waals surface area contributed by atoms with Gasteiger partial charge in [-0.15, -0.1) is 0 Å². The fourth-order valence-electron chi connectivity index (χ4n) is 5.67. The molecule has 0 unspecified atom stereocenters. The molecule has 0 spiro atoms. The number of nitrogens with zero attached hydrogens (tertiary/aromatic N) is 3. The van der Waals surface area contributed by atoms with E-state index >= 15 is 0 Å². The molecule has 6 rings (SSSR count). The van der Waals surface area contributed by atoms with Crippen LogP contribution >= 0.6 is 0 Å². The average molecular weight is 468 g/mol. The first-order valence-electron chi connectivity index (χ1n) is 12.2. The first kappa shape index (κ1) is 22.0. The Morgan fingerprint density at radius 3 is 1.94 bits per heavy atom. The van der Waals surface area contributed by atoms with Gasteiger partial charge < -0.3 is 18.8 Å². The third kappa shape index (κ3) is 3.74. The van der Waals surface area contributed by atoms with Crippen molar-refractivity contribution >= 4 is 44.5 Å². The van der Waals surface area contributed by atoms with E-state index in [0.717, 1.165) is 52.4 Å². The molecule has 2 aromatic heterocycles. The summed E-state index contributed by atoms with van der Waals surface area (Å²) in [5, 5.41) is 2.00. The molecule has 6 heteroatoms. The van der Waals surface area contributed by atoms with Crippen LogP contribution in [0.5, 0.6) is 0 Å². The number of likely N-dealkylation sites (N-methyl/N-ethyl adjacent to an activating group) is 1. The number of allylic oxidation sites excluding steroid dienone is 2. The molecule has 0 amide bonds. The minimum Gasteiger partial charge on any atom is -0.375 e. The molecule has 0 radical (unpaired) electrons. The van der Waals surface area contributed by atoms with Crippen molar-refractivity contribution in [3.8, 4) is 0 Å². The number of ether oxygens (including phenoxy) is 1. The molecule has 4 aromatic rings. The number of para-hydroxylation sites is 2. The number of Topliss-reactive ketones (excluding diaryl/α,β-unsaturated/α-hetero) is 2. The van der Waals surface area contributed by atoms with Crippen molar-refractivity contribution in [2.24, 2.45) is 0 Å². The number of fused-ring (bicyclic) bond motifs is 12. The lowest BCUT2D eigenvalue weighted by Gasteiger charge is -2.22. The van der Waals surface area contributed by atoms with Crippen LogP contribution in [0.25, 0.3) is 33.0 Å². The summed E-state index contributed by atoms with van der Waals surface area (Å²) in [6, 6.07) is 16.3. The Hall–Kier alpha value is -3.48. The molecular weight excluding hydrogens is 438 g/mol. The van der Waals surface area contributed by atoms with Crippen molar-refractivity contribution in [3.63, 3.8) is 0 Å². The van der Waals surface area contributed by atoms with Gasteiger partial charge in [-0.3, -0.25) is 9.59 Å². The number of carbonyl (C=O) groups excluding carboxylic acids is 2. The normalized spacial score (nSPS) is 19.1. The van der Waals surface area contributed by atoms with Crippen molar-refractivity contribution in [1.82, 2.24) is 14.0 Å². The third-order valence-electron chi connectivity index (χ3n) is 7.19. The fourth-order valence-corrected chi connectivity index (χ4v) is 5.67. The molecule has 0 saturated heterocycles. The maximum Gasteiger partial charge on any atom is 0.172 e. The van der Waals surface area contributed by atoms with E-state index in [0.29, 0.717) is 24.3 Å². The lowest BCUT2D eigenvalue weighted by molar-refractivity contribution is -0.119. The standard InChI is InChI=1S/C29H29N3O3/c1-30(2)16-19-11-12-31-17-22(20-7-3-5-9-24(20)31)28-26(33)15-27(34)29(28)23-18-32(13-14-35-19)25-10-6-4-8-21(23)25/h3-10,17-19H,11-16H2,1-2H3/t19-/m0/s1. The van der Waals surface area contributed by atoms with Gasteiger partial charge in [0, 0.05) is 76.1 Å². The van der Waals surface area contributed by atoms with Gasteiger partial charge in [0.1, 0.15) is 0 Å². The van der Waals surface area contributed by atoms with Crippen LogP contribution in [-0.2, 0) is 27.4 Å². The van der Waals surface area contributed by atoms with Gasteiger partial charge in [-0.25, -0.2) is 0 Å². The summed E-state index contributed by atoms with van der Waals surface area (Å²) in [7, 11) is 4.14. The zero-order valence-electron chi connectivity index (χ0n) is 20.2. The zero-order valence-corrected chi connectivity index (χ0v) is 20.2. The third-order valence-corrected chi connectivity index (χ3v) is 7.19. The summed E-state index contributed by atoms with van der Waals surface area (Å²) in [6.07, 6.45) is 4.97. The molecule has 1 aliphatic carbocycles. The van der Waals surface area contributed by atoms with E-state index < -0.39 is 0 Å². The summed E-state index contributed by atoms with van der Waals surface area (Å²) in [6.45, 7) is 2.87. The van der Waals surface area contributed by atoms with E-state index in [1.54, 1.807) is 0 Å². The molecule has 0 saturated carbocycles. The second-order valence-electron chi connectivity index (χ2n) is 9.82. The Morgan fingerprint density at radius 1 is 0.829 bits per heavy atom. The second-order valence-corrected chi connectivity index (χ2v) is 9.82. The van der Waals surface area contributed by atoms with Crippen LogP contribution in [0.2, 0.25) is 0 Å². The number of benzene rings is 2. The van der Waals surface area contributed by atoms with E-state index in [9.17, 15) is 9.59 Å². The minimum atomic E-state index is -0.0980. The summed E-state index contributed by atoms with van der Waals surface area (Å²) in [5.41, 5.74) is 4.92. The highest BCUT2D eigenvalue weighted by Gasteiger charge is 2.35. The maximum atomic E-state index is 13.3. The molecule has 2 aromatic carbocycles. The highest BCUT2D eigenvalue weighted by molar-refractivity contribution is 6.52. The highest BCUT2D eigenvalue weighted by atomic mass is 16.5. The van der Waals surface area contributed by atoms with E-state index in [1.165, 1.54) is 0 Å². The molecule has 1 aliphatic heterocycles. The highest BCUT2D eigenvalue weighted by Crippen LogP contribution is 2.41. The van der Waals surface area contributed by atoms with Crippen LogP contribution in [0.3, 0.4) is 0 Å². The molecular formula is C29H29N3O3. The van der Waals surface area contributed by atoms with Crippen LogP contribution in [0.15, 0.2) is 60.9 Å². The number of carbonyl (C=O) groups is 2. The maximum absolute atomic E-state index is 13.3. The van der Waals surface area contributed by atoms with Gasteiger partial charge >= 0.3 is 0 Å². The van der Waals surface area contributed by atoms with E-state index in [1.807, 2.05) is 36.5 Å². The average Bonchev–Trinajstić information content (AvgIpc) is 3.47. The number of ketones is 2. The molecule has 0 N–H and O–H groups in total. The number of aromatic nitrogens is 2. The van der Waals surface area contributed by atoms with Gasteiger partial charge in [0.2, 0.25) is 0 Å². The lowest BCUT2D eigenvalue weighted by atomic mass is 9.95. The first-order valence-corrected chi connectivity index (χ1v) is 12.2. The van der Waals surface area contributed by atoms with Crippen molar-refractivity contribution in [2.75, 3.05) is 27.2 Å². The van der Waals surface area contributed by atoms with Crippen molar-refractivity contribution in [2.45, 2.75) is 32.0 Å². The van der Waals surface area contributed by atoms with Crippen molar-refractivity contribution < 1.29 is 14.3 Å². The minimum absolute atomic E-state index is 0.0717. The molecule has 2 aliphatic rings. The van der Waals surface area contributed by atoms with Gasteiger partial charge in [0.05, 0.1) is 19.1 Å². The van der Waals surface area contributed by atoms with Gasteiger partial charge in [-0.2, -0.15) is 0 Å². The van der Waals surface area contributed by atoms with Crippen LogP contribution < -0.4 is 0 Å². The molecule has 178 valence electrons. The Bertz CT molecular complexity index is 1500. The Kier molecular flexibility index (Phi) is 5.43. The van der Waals surface area contributed by atoms with Gasteiger partial charge in [-0.1, -0.05) is 36.4 Å². The largest absolute Gasteiger partial charge is 0.375 e. The zero-order chi connectivity index (χ0) is 24.1. The monoisotopic (exact) mass is 467 g/mol. The Balaban J connectivity index is 1.62. The summed E-state index contributed by atoms with van der Waals surface area (Å²) in [4.78, 5) is 28.8. The van der Waals surface area contributed by atoms with Gasteiger partial charge in [-0.05, 0) is 32.6 Å². The number of rotatable bonds is 2. The summed E-state index contributed by atoms with van der Waals surface area (Å²) in [5.74, 6) is -0.190. The van der Waals surface area contributed by atoms with Gasteiger partial charge in [0.15, 0.2) is 11.6 Å².